The summed E-state index contributed by atoms with van der Waals surface area (Å²) in [6.07, 6.45) is 72.5. The summed E-state index contributed by atoms with van der Waals surface area (Å²) in [7, 11) is 0. The summed E-state index contributed by atoms with van der Waals surface area (Å²) < 4.78 is 11.2. The van der Waals surface area contributed by atoms with Crippen LogP contribution in [0.2, 0.25) is 0 Å². The van der Waals surface area contributed by atoms with Crippen molar-refractivity contribution in [3.63, 3.8) is 0 Å². The molecule has 0 bridgehead atoms. The molecule has 514 valence electrons. The number of hydrogen-bond donors (Lipinski definition) is 8. The average Bonchev–Trinajstić information content (AvgIpc) is 1.96. The largest absolute Gasteiger partial charge is 0.394 e. The van der Waals surface area contributed by atoms with Gasteiger partial charge in [-0.05, 0) is 77.0 Å². The second kappa shape index (κ2) is 64.4. The number of allylic oxidation sites excluding steroid dienone is 6. The minimum Gasteiger partial charge on any atom is -0.394 e. The summed E-state index contributed by atoms with van der Waals surface area (Å²) in [6.45, 7) is 3.50. The van der Waals surface area contributed by atoms with Crippen LogP contribution in [-0.4, -0.2) is 110 Å². The summed E-state index contributed by atoms with van der Waals surface area (Å²) >= 11 is 0. The Hall–Kier alpha value is -1.67. The Bertz CT molecular complexity index is 1510. The third kappa shape index (κ3) is 51.5. The molecule has 1 aliphatic heterocycles. The van der Waals surface area contributed by atoms with Crippen molar-refractivity contribution in [2.24, 2.45) is 0 Å². The van der Waals surface area contributed by atoms with E-state index in [2.05, 4.69) is 55.6 Å². The van der Waals surface area contributed by atoms with Gasteiger partial charge in [0, 0.05) is 0 Å². The molecule has 1 saturated heterocycles. The SMILES string of the molecule is CCCCCCCCCCCCCC/C=C\CCCCCCCCCCCCCCCCCCC(O)C(=O)NC(COC1OC(CO)C(O)C(O)C1O)C(O)C(O)CCC/C=C/CC/C=C/CCCCCCCCCCCCCCCCCCCCC. The van der Waals surface area contributed by atoms with Crippen LogP contribution in [0.1, 0.15) is 373 Å². The van der Waals surface area contributed by atoms with Crippen LogP contribution in [-0.2, 0) is 14.3 Å². The molecular formula is C76H145NO10. The molecule has 9 atom stereocenters. The molecule has 8 N–H and O–H groups in total. The van der Waals surface area contributed by atoms with E-state index in [0.717, 1.165) is 38.5 Å². The van der Waals surface area contributed by atoms with E-state index in [0.29, 0.717) is 19.3 Å². The maximum atomic E-state index is 13.3. The molecule has 0 aromatic carbocycles. The number of aliphatic hydroxyl groups excluding tert-OH is 7. The van der Waals surface area contributed by atoms with E-state index >= 15 is 0 Å². The van der Waals surface area contributed by atoms with Gasteiger partial charge in [-0.2, -0.15) is 0 Å². The van der Waals surface area contributed by atoms with Crippen LogP contribution >= 0.6 is 0 Å². The van der Waals surface area contributed by atoms with Crippen molar-refractivity contribution in [3.8, 4) is 0 Å². The van der Waals surface area contributed by atoms with Crippen molar-refractivity contribution >= 4 is 5.91 Å². The zero-order chi connectivity index (χ0) is 63.1. The van der Waals surface area contributed by atoms with Crippen LogP contribution in [0.25, 0.3) is 0 Å². The van der Waals surface area contributed by atoms with Crippen molar-refractivity contribution in [1.82, 2.24) is 5.32 Å². The van der Waals surface area contributed by atoms with E-state index in [1.807, 2.05) is 0 Å². The third-order valence-corrected chi connectivity index (χ3v) is 18.4. The highest BCUT2D eigenvalue weighted by molar-refractivity contribution is 5.80. The van der Waals surface area contributed by atoms with Gasteiger partial charge in [0.1, 0.15) is 36.6 Å². The molecule has 0 saturated carbocycles. The summed E-state index contributed by atoms with van der Waals surface area (Å²) in [5.74, 6) is -0.704. The van der Waals surface area contributed by atoms with Gasteiger partial charge in [0.25, 0.3) is 0 Å². The first kappa shape index (κ1) is 83.3. The highest BCUT2D eigenvalue weighted by Crippen LogP contribution is 2.24. The first-order chi connectivity index (χ1) is 42.7. The Morgan fingerprint density at radius 2 is 0.690 bits per heavy atom. The second-order valence-electron chi connectivity index (χ2n) is 26.7. The van der Waals surface area contributed by atoms with E-state index in [4.69, 9.17) is 9.47 Å². The fourth-order valence-corrected chi connectivity index (χ4v) is 12.3. The quantitative estimate of drug-likeness (QED) is 0.0215. The van der Waals surface area contributed by atoms with Gasteiger partial charge >= 0.3 is 0 Å². The highest BCUT2D eigenvalue weighted by atomic mass is 16.7. The molecule has 11 heteroatoms. The number of ether oxygens (including phenoxy) is 2. The molecule has 87 heavy (non-hydrogen) atoms. The van der Waals surface area contributed by atoms with E-state index in [-0.39, 0.29) is 12.8 Å². The summed E-state index contributed by atoms with van der Waals surface area (Å²) in [5.41, 5.74) is 0. The van der Waals surface area contributed by atoms with Crippen molar-refractivity contribution in [3.05, 3.63) is 36.5 Å². The second-order valence-corrected chi connectivity index (χ2v) is 26.7. The monoisotopic (exact) mass is 1230 g/mol. The number of hydrogen-bond acceptors (Lipinski definition) is 10. The van der Waals surface area contributed by atoms with Gasteiger partial charge in [0.05, 0.1) is 25.4 Å². The van der Waals surface area contributed by atoms with Gasteiger partial charge in [-0.15, -0.1) is 0 Å². The van der Waals surface area contributed by atoms with Crippen molar-refractivity contribution < 1.29 is 50.0 Å². The van der Waals surface area contributed by atoms with Gasteiger partial charge in [-0.1, -0.05) is 333 Å². The zero-order valence-electron chi connectivity index (χ0n) is 57.0. The van der Waals surface area contributed by atoms with E-state index < -0.39 is 74.2 Å². The molecule has 0 aliphatic carbocycles. The molecule has 11 nitrogen and oxygen atoms in total. The van der Waals surface area contributed by atoms with Crippen molar-refractivity contribution in [2.45, 2.75) is 428 Å². The minimum absolute atomic E-state index is 0.248. The fraction of sp³-hybridized carbons (Fsp3) is 0.908. The molecule has 0 aromatic heterocycles. The molecule has 1 heterocycles. The fourth-order valence-electron chi connectivity index (χ4n) is 12.3. The lowest BCUT2D eigenvalue weighted by Crippen LogP contribution is -2.60. The predicted octanol–water partition coefficient (Wildman–Crippen LogP) is 18.9. The Labute approximate surface area is 537 Å². The zero-order valence-corrected chi connectivity index (χ0v) is 57.0. The number of unbranched alkanes of at least 4 members (excludes halogenated alkanes) is 49. The first-order valence-corrected chi connectivity index (χ1v) is 37.9. The average molecular weight is 1230 g/mol. The van der Waals surface area contributed by atoms with Crippen LogP contribution in [0.4, 0.5) is 0 Å². The summed E-state index contributed by atoms with van der Waals surface area (Å²) in [6, 6.07) is -1.19. The highest BCUT2D eigenvalue weighted by Gasteiger charge is 2.44. The topological polar surface area (TPSA) is 189 Å². The number of amides is 1. The van der Waals surface area contributed by atoms with E-state index in [1.54, 1.807) is 0 Å². The molecule has 1 amide bonds. The lowest BCUT2D eigenvalue weighted by Gasteiger charge is -2.40. The molecule has 0 aromatic rings. The van der Waals surface area contributed by atoms with E-state index in [1.165, 1.54) is 289 Å². The Morgan fingerprint density at radius 1 is 0.391 bits per heavy atom. The molecule has 0 spiro atoms. The Balaban J connectivity index is 2.18. The normalized spacial score (nSPS) is 18.8. The Kier molecular flexibility index (Phi) is 61.7. The maximum Gasteiger partial charge on any atom is 0.249 e. The predicted molar refractivity (Wildman–Crippen MR) is 367 cm³/mol. The van der Waals surface area contributed by atoms with Crippen LogP contribution in [0, 0.1) is 0 Å². The van der Waals surface area contributed by atoms with Crippen molar-refractivity contribution in [1.29, 1.82) is 0 Å². The maximum absolute atomic E-state index is 13.3. The van der Waals surface area contributed by atoms with Crippen LogP contribution in [0.3, 0.4) is 0 Å². The molecule has 0 radical (unpaired) electrons. The minimum atomic E-state index is -1.67. The van der Waals surface area contributed by atoms with Gasteiger partial charge < -0.3 is 50.5 Å². The van der Waals surface area contributed by atoms with Gasteiger partial charge in [0.15, 0.2) is 6.29 Å². The number of carbonyl (C=O) groups is 1. The third-order valence-electron chi connectivity index (χ3n) is 18.4. The molecule has 1 aliphatic rings. The standard InChI is InChI=1S/C76H145NO10/c1-3-5-7-9-11-13-15-17-19-21-23-25-27-29-31-33-34-35-36-38-40-42-44-46-48-50-52-54-56-58-60-62-64-69(80)75(85)77-67(66-86-76-74(84)73(83)72(82)70(65-78)87-76)71(81)68(79)63-61-59-57-55-53-51-49-47-45-43-41-39-37-32-30-28-26-24-22-20-18-16-14-12-10-8-6-4-2/h29,31,47,49,55,57,67-74,76,78-84H,3-28,30,32-46,48,50-54,56,58-66H2,1-2H3,(H,77,85)/b31-29-,49-47+,57-55+. The lowest BCUT2D eigenvalue weighted by molar-refractivity contribution is -0.303. The number of carbonyl (C=O) groups excluding carboxylic acids is 1. The van der Waals surface area contributed by atoms with Gasteiger partial charge in [-0.3, -0.25) is 4.79 Å². The first-order valence-electron chi connectivity index (χ1n) is 37.9. The van der Waals surface area contributed by atoms with E-state index in [9.17, 15) is 40.5 Å². The molecule has 1 fully saturated rings. The lowest BCUT2D eigenvalue weighted by atomic mass is 9.98. The number of aliphatic hydroxyl groups is 7. The smallest absolute Gasteiger partial charge is 0.249 e. The molecular weight excluding hydrogens is 1090 g/mol. The van der Waals surface area contributed by atoms with Crippen LogP contribution in [0.5, 0.6) is 0 Å². The van der Waals surface area contributed by atoms with Gasteiger partial charge in [0.2, 0.25) is 5.91 Å². The van der Waals surface area contributed by atoms with Crippen LogP contribution in [0.15, 0.2) is 36.5 Å². The molecule has 9 unspecified atom stereocenters. The molecule has 1 rings (SSSR count). The summed E-state index contributed by atoms with van der Waals surface area (Å²) in [5, 5.41) is 76.6. The van der Waals surface area contributed by atoms with Gasteiger partial charge in [-0.25, -0.2) is 0 Å². The Morgan fingerprint density at radius 3 is 1.02 bits per heavy atom. The number of nitrogens with one attached hydrogen (secondary N) is 1. The van der Waals surface area contributed by atoms with Crippen LogP contribution < -0.4 is 5.32 Å². The number of rotatable bonds is 67. The summed E-state index contributed by atoms with van der Waals surface area (Å²) in [4.78, 5) is 13.3. The van der Waals surface area contributed by atoms with Crippen molar-refractivity contribution in [2.75, 3.05) is 13.2 Å².